The highest BCUT2D eigenvalue weighted by Gasteiger charge is 2.54. The molecular formula is C22H29F2IN2O3. The van der Waals surface area contributed by atoms with Crippen LogP contribution in [0.3, 0.4) is 0 Å². The lowest BCUT2D eigenvalue weighted by atomic mass is 9.80. The van der Waals surface area contributed by atoms with Gasteiger partial charge in [-0.15, -0.1) is 0 Å². The van der Waals surface area contributed by atoms with Crippen molar-refractivity contribution in [2.24, 2.45) is 5.92 Å². The van der Waals surface area contributed by atoms with Crippen LogP contribution in [0.2, 0.25) is 0 Å². The van der Waals surface area contributed by atoms with Crippen molar-refractivity contribution >= 4 is 5.97 Å². The lowest BCUT2D eigenvalue weighted by Gasteiger charge is -2.32. The van der Waals surface area contributed by atoms with E-state index >= 15 is 0 Å². The van der Waals surface area contributed by atoms with Crippen molar-refractivity contribution in [3.63, 3.8) is 0 Å². The minimum absolute atomic E-state index is 0. The largest absolute Gasteiger partial charge is 1.00 e. The molecule has 0 unspecified atom stereocenters. The molecule has 1 fully saturated rings. The Morgan fingerprint density at radius 2 is 2.07 bits per heavy atom. The van der Waals surface area contributed by atoms with Gasteiger partial charge in [0.15, 0.2) is 5.60 Å². The monoisotopic (exact) mass is 534 g/mol. The number of halogens is 3. The maximum absolute atomic E-state index is 13.8. The Kier molecular flexibility index (Phi) is 8.38. The minimum atomic E-state index is -2.87. The molecule has 5 nitrogen and oxygen atoms in total. The van der Waals surface area contributed by atoms with Gasteiger partial charge in [-0.25, -0.2) is 22.7 Å². The fraction of sp³-hybridized carbons (Fsp3) is 0.545. The molecule has 0 saturated heterocycles. The van der Waals surface area contributed by atoms with Crippen LogP contribution >= 0.6 is 0 Å². The molecule has 1 aromatic carbocycles. The van der Waals surface area contributed by atoms with E-state index in [4.69, 9.17) is 4.74 Å². The number of nitrogens with zero attached hydrogens (tertiary/aromatic N) is 2. The maximum Gasteiger partial charge on any atom is 0.343 e. The second-order valence-electron chi connectivity index (χ2n) is 7.74. The number of imidazole rings is 1. The number of ether oxygens (including phenoxy) is 1. The molecule has 8 heteroatoms. The normalized spacial score (nSPS) is 19.7. The predicted octanol–water partition coefficient (Wildman–Crippen LogP) is 0.364. The summed E-state index contributed by atoms with van der Waals surface area (Å²) in [6, 6.07) is 8.28. The highest BCUT2D eigenvalue weighted by molar-refractivity contribution is 5.81. The van der Waals surface area contributed by atoms with Crippen LogP contribution in [0.4, 0.5) is 8.78 Å². The highest BCUT2D eigenvalue weighted by atomic mass is 127. The summed E-state index contributed by atoms with van der Waals surface area (Å²) in [5, 5.41) is 11.3. The van der Waals surface area contributed by atoms with Gasteiger partial charge < -0.3 is 33.8 Å². The first-order chi connectivity index (χ1) is 13.8. The van der Waals surface area contributed by atoms with E-state index in [0.717, 1.165) is 12.4 Å². The number of carbonyl (C=O) groups excluding carboxylic acids is 1. The zero-order chi connectivity index (χ0) is 21.1. The quantitative estimate of drug-likeness (QED) is 0.231. The molecule has 1 aliphatic carbocycles. The fourth-order valence-electron chi connectivity index (χ4n) is 4.14. The Hall–Kier alpha value is -1.55. The Balaban J connectivity index is 0.00000320. The number of hydrogen-bond donors (Lipinski definition) is 1. The van der Waals surface area contributed by atoms with Crippen molar-refractivity contribution in [2.45, 2.75) is 64.1 Å². The first-order valence-corrected chi connectivity index (χ1v) is 10.2. The Bertz CT molecular complexity index is 844. The molecule has 0 radical (unpaired) electrons. The minimum Gasteiger partial charge on any atom is -1.00 e. The number of aromatic nitrogens is 2. The van der Waals surface area contributed by atoms with Gasteiger partial charge in [-0.1, -0.05) is 30.3 Å². The Morgan fingerprint density at radius 3 is 2.63 bits per heavy atom. The van der Waals surface area contributed by atoms with E-state index in [-0.39, 0.29) is 43.4 Å². The van der Waals surface area contributed by atoms with Gasteiger partial charge in [0.1, 0.15) is 12.4 Å². The molecular weight excluding hydrogens is 505 g/mol. The van der Waals surface area contributed by atoms with Crippen LogP contribution in [0.15, 0.2) is 42.7 Å². The number of alkyl halides is 2. The van der Waals surface area contributed by atoms with Gasteiger partial charge in [0.2, 0.25) is 5.92 Å². The third-order valence-corrected chi connectivity index (χ3v) is 5.89. The fourth-order valence-corrected chi connectivity index (χ4v) is 4.14. The Morgan fingerprint density at radius 1 is 1.37 bits per heavy atom. The van der Waals surface area contributed by atoms with Crippen LogP contribution < -0.4 is 28.5 Å². The van der Waals surface area contributed by atoms with Gasteiger partial charge in [0, 0.05) is 32.1 Å². The van der Waals surface area contributed by atoms with Gasteiger partial charge >= 0.3 is 5.97 Å². The van der Waals surface area contributed by atoms with Crippen molar-refractivity contribution in [1.82, 2.24) is 4.57 Å². The van der Waals surface area contributed by atoms with Gasteiger partial charge in [-0.3, -0.25) is 0 Å². The zero-order valence-electron chi connectivity index (χ0n) is 17.4. The maximum atomic E-state index is 13.8. The molecule has 0 amide bonds. The number of carbonyl (C=O) groups is 1. The smallest absolute Gasteiger partial charge is 0.343 e. The lowest BCUT2D eigenvalue weighted by Crippen LogP contribution is -3.00. The molecule has 0 aliphatic heterocycles. The molecule has 3 rings (SSSR count). The van der Waals surface area contributed by atoms with Crippen LogP contribution in [0.5, 0.6) is 0 Å². The molecule has 30 heavy (non-hydrogen) atoms. The van der Waals surface area contributed by atoms with E-state index in [1.54, 1.807) is 30.3 Å². The van der Waals surface area contributed by atoms with E-state index in [2.05, 4.69) is 16.1 Å². The molecule has 1 aliphatic rings. The third kappa shape index (κ3) is 5.19. The van der Waals surface area contributed by atoms with Crippen LogP contribution in [0.1, 0.15) is 44.0 Å². The first kappa shape index (κ1) is 24.7. The average Bonchev–Trinajstić information content (AvgIpc) is 3.26. The molecule has 2 atom stereocenters. The van der Waals surface area contributed by atoms with E-state index in [9.17, 15) is 18.7 Å². The van der Waals surface area contributed by atoms with E-state index in [1.807, 2.05) is 19.3 Å². The number of esters is 1. The van der Waals surface area contributed by atoms with Crippen LogP contribution in [0, 0.1) is 12.8 Å². The topological polar surface area (TPSA) is 55.3 Å². The molecule has 1 saturated carbocycles. The van der Waals surface area contributed by atoms with Crippen LogP contribution in [-0.2, 0) is 28.2 Å². The third-order valence-electron chi connectivity index (χ3n) is 5.89. The number of hydrogen-bond acceptors (Lipinski definition) is 3. The lowest BCUT2D eigenvalue weighted by molar-refractivity contribution is -0.699. The average molecular weight is 534 g/mol. The SMILES string of the molecule is CC[n+]1ccn(CCCOC(=O)[C@](O)(c2ccccc2)[C@@H]2CCC(F)(F)C2)c1C.[I-]. The summed E-state index contributed by atoms with van der Waals surface area (Å²) in [5.74, 6) is -3.48. The number of benzene rings is 1. The number of aliphatic hydroxyl groups is 1. The van der Waals surface area contributed by atoms with Gasteiger partial charge in [-0.2, -0.15) is 0 Å². The van der Waals surface area contributed by atoms with Crippen LogP contribution in [-0.4, -0.2) is 28.2 Å². The van der Waals surface area contributed by atoms with Crippen molar-refractivity contribution < 1.29 is 52.0 Å². The summed E-state index contributed by atoms with van der Waals surface area (Å²) < 4.78 is 37.2. The Labute approximate surface area is 193 Å². The molecule has 1 heterocycles. The zero-order valence-corrected chi connectivity index (χ0v) is 19.5. The molecule has 166 valence electrons. The summed E-state index contributed by atoms with van der Waals surface area (Å²) in [6.07, 6.45) is 3.76. The van der Waals surface area contributed by atoms with E-state index in [0.29, 0.717) is 18.5 Å². The van der Waals surface area contributed by atoms with Gasteiger partial charge in [0.05, 0.1) is 19.7 Å². The van der Waals surface area contributed by atoms with E-state index < -0.39 is 29.8 Å². The molecule has 1 aromatic heterocycles. The summed E-state index contributed by atoms with van der Waals surface area (Å²) in [7, 11) is 0. The number of aryl methyl sites for hydroxylation is 2. The first-order valence-electron chi connectivity index (χ1n) is 10.2. The van der Waals surface area contributed by atoms with Crippen LogP contribution in [0.25, 0.3) is 0 Å². The van der Waals surface area contributed by atoms with Crippen molar-refractivity contribution in [1.29, 1.82) is 0 Å². The number of rotatable bonds is 8. The standard InChI is InChI=1S/C22H29F2N2O3.HI/c1-3-25-13-14-26(17(25)2)12-7-15-29-20(27)22(28,18-8-5-4-6-9-18)19-10-11-21(23,24)16-19;/h4-6,8-9,13-14,19,28H,3,7,10-12,15-16H2,1-2H3;1H/q+1;/p-1/t19-,22+;/m1./s1. The molecule has 0 bridgehead atoms. The molecule has 1 N–H and O–H groups in total. The summed E-state index contributed by atoms with van der Waals surface area (Å²) in [6.45, 7) is 5.74. The van der Waals surface area contributed by atoms with Gasteiger partial charge in [-0.05, 0) is 18.9 Å². The van der Waals surface area contributed by atoms with Crippen molar-refractivity contribution in [2.75, 3.05) is 6.61 Å². The summed E-state index contributed by atoms with van der Waals surface area (Å²) >= 11 is 0. The van der Waals surface area contributed by atoms with Crippen molar-refractivity contribution in [3.8, 4) is 0 Å². The predicted molar refractivity (Wildman–Crippen MR) is 103 cm³/mol. The molecule has 2 aromatic rings. The summed E-state index contributed by atoms with van der Waals surface area (Å²) in [4.78, 5) is 12.9. The second kappa shape index (κ2) is 10.2. The second-order valence-corrected chi connectivity index (χ2v) is 7.74. The van der Waals surface area contributed by atoms with E-state index in [1.165, 1.54) is 0 Å². The van der Waals surface area contributed by atoms with Gasteiger partial charge in [0.25, 0.3) is 5.82 Å². The highest BCUT2D eigenvalue weighted by Crippen LogP contribution is 2.47. The molecule has 0 spiro atoms. The van der Waals surface area contributed by atoms with Crippen molar-refractivity contribution in [3.05, 3.63) is 54.1 Å². The summed E-state index contributed by atoms with van der Waals surface area (Å²) in [5.41, 5.74) is -1.76.